The number of amides is 2. The number of ether oxygens (including phenoxy) is 1. The van der Waals surface area contributed by atoms with Crippen molar-refractivity contribution in [1.29, 1.82) is 0 Å². The molecule has 1 aliphatic carbocycles. The van der Waals surface area contributed by atoms with Gasteiger partial charge in [-0.25, -0.2) is 12.8 Å². The Labute approximate surface area is 270 Å². The van der Waals surface area contributed by atoms with E-state index in [-0.39, 0.29) is 55.2 Å². The monoisotopic (exact) mass is 657 g/mol. The fraction of sp³-hybridized carbons (Fsp3) is 0.412. The number of anilines is 1. The molecule has 0 heterocycles. The summed E-state index contributed by atoms with van der Waals surface area (Å²) in [5.41, 5.74) is 1.50. The minimum absolute atomic E-state index is 0.00160. The number of nitrogens with zero attached hydrogens (tertiary/aromatic N) is 2. The van der Waals surface area contributed by atoms with Crippen molar-refractivity contribution in [1.82, 2.24) is 10.2 Å². The Morgan fingerprint density at radius 3 is 2.36 bits per heavy atom. The molecule has 8 nitrogen and oxygen atoms in total. The molecule has 4 rings (SSSR count). The fourth-order valence-electron chi connectivity index (χ4n) is 5.72. The average molecular weight is 658 g/mol. The van der Waals surface area contributed by atoms with Gasteiger partial charge in [0.1, 0.15) is 17.6 Å². The van der Waals surface area contributed by atoms with Gasteiger partial charge in [-0.1, -0.05) is 79.4 Å². The molecule has 1 fully saturated rings. The molecule has 0 saturated heterocycles. The van der Waals surface area contributed by atoms with Crippen LogP contribution in [-0.4, -0.2) is 57.1 Å². The van der Waals surface area contributed by atoms with Gasteiger partial charge in [0.15, 0.2) is 0 Å². The van der Waals surface area contributed by atoms with Gasteiger partial charge in [0.2, 0.25) is 21.8 Å². The number of carbonyl (C=O) groups is 2. The van der Waals surface area contributed by atoms with Crippen molar-refractivity contribution in [2.75, 3.05) is 24.2 Å². The second-order valence-corrected chi connectivity index (χ2v) is 13.7. The first-order valence-electron chi connectivity index (χ1n) is 15.2. The van der Waals surface area contributed by atoms with Crippen molar-refractivity contribution in [2.24, 2.45) is 0 Å². The lowest BCUT2D eigenvalue weighted by Crippen LogP contribution is -2.53. The molecule has 0 aromatic heterocycles. The Bertz CT molecular complexity index is 1550. The lowest BCUT2D eigenvalue weighted by Gasteiger charge is -2.34. The zero-order valence-electron chi connectivity index (χ0n) is 25.8. The van der Waals surface area contributed by atoms with E-state index in [0.29, 0.717) is 17.0 Å². The predicted molar refractivity (Wildman–Crippen MR) is 175 cm³/mol. The molecule has 0 aliphatic heterocycles. The highest BCUT2D eigenvalue weighted by Crippen LogP contribution is 2.30. The summed E-state index contributed by atoms with van der Waals surface area (Å²) in [4.78, 5) is 29.4. The summed E-state index contributed by atoms with van der Waals surface area (Å²) >= 11 is 6.26. The summed E-state index contributed by atoms with van der Waals surface area (Å²) in [6.45, 7) is -0.108. The van der Waals surface area contributed by atoms with Crippen LogP contribution >= 0.6 is 11.6 Å². The van der Waals surface area contributed by atoms with E-state index < -0.39 is 21.9 Å². The molecule has 0 radical (unpaired) electrons. The van der Waals surface area contributed by atoms with Crippen LogP contribution in [0.25, 0.3) is 0 Å². The number of carbonyl (C=O) groups excluding carboxylic acids is 2. The van der Waals surface area contributed by atoms with E-state index in [1.807, 2.05) is 30.3 Å². The Hall–Kier alpha value is -3.63. The number of rotatable bonds is 14. The van der Waals surface area contributed by atoms with E-state index in [2.05, 4.69) is 5.32 Å². The number of nitrogens with one attached hydrogen (secondary N) is 1. The van der Waals surface area contributed by atoms with Crippen LogP contribution in [0.4, 0.5) is 10.1 Å². The maximum Gasteiger partial charge on any atom is 0.243 e. The van der Waals surface area contributed by atoms with Crippen LogP contribution in [0.5, 0.6) is 5.75 Å². The minimum Gasteiger partial charge on any atom is -0.495 e. The molecule has 3 aromatic rings. The normalized spacial score (nSPS) is 14.4. The zero-order chi connectivity index (χ0) is 32.4. The first-order chi connectivity index (χ1) is 21.6. The maximum atomic E-state index is 14.9. The summed E-state index contributed by atoms with van der Waals surface area (Å²) in [5.74, 6) is -0.717. The third kappa shape index (κ3) is 9.68. The lowest BCUT2D eigenvalue weighted by molar-refractivity contribution is -0.141. The number of hydrogen-bond acceptors (Lipinski definition) is 5. The maximum absolute atomic E-state index is 14.9. The summed E-state index contributed by atoms with van der Waals surface area (Å²) in [7, 11) is -2.25. The number of halogens is 2. The Morgan fingerprint density at radius 2 is 1.71 bits per heavy atom. The highest BCUT2D eigenvalue weighted by atomic mass is 35.5. The number of benzene rings is 3. The highest BCUT2D eigenvalue weighted by Gasteiger charge is 2.32. The quantitative estimate of drug-likeness (QED) is 0.225. The van der Waals surface area contributed by atoms with E-state index >= 15 is 0 Å². The van der Waals surface area contributed by atoms with Crippen LogP contribution in [-0.2, 0) is 32.6 Å². The molecular weight excluding hydrogens is 617 g/mol. The van der Waals surface area contributed by atoms with Crippen LogP contribution in [0.15, 0.2) is 72.8 Å². The van der Waals surface area contributed by atoms with E-state index in [0.717, 1.165) is 43.9 Å². The Kier molecular flexibility index (Phi) is 12.2. The molecule has 2 amide bonds. The molecule has 0 unspecified atom stereocenters. The van der Waals surface area contributed by atoms with E-state index in [1.54, 1.807) is 30.3 Å². The summed E-state index contributed by atoms with van der Waals surface area (Å²) in [5, 5.41) is 3.42. The summed E-state index contributed by atoms with van der Waals surface area (Å²) in [6, 6.07) is 19.4. The van der Waals surface area contributed by atoms with Gasteiger partial charge < -0.3 is 15.0 Å². The number of methoxy groups -OCH3 is 1. The molecular formula is C34H41ClFN3O5S. The Balaban J connectivity index is 1.60. The molecule has 1 aliphatic rings. The molecule has 3 aromatic carbocycles. The van der Waals surface area contributed by atoms with Crippen LogP contribution < -0.4 is 14.4 Å². The third-order valence-electron chi connectivity index (χ3n) is 8.10. The van der Waals surface area contributed by atoms with Crippen LogP contribution in [0.3, 0.4) is 0 Å². The third-order valence-corrected chi connectivity index (χ3v) is 9.59. The van der Waals surface area contributed by atoms with Crippen molar-refractivity contribution in [2.45, 2.75) is 70.0 Å². The molecule has 1 saturated carbocycles. The molecule has 0 bridgehead atoms. The molecule has 1 N–H and O–H groups in total. The standard InChI is InChI=1S/C34H41ClFN3O5S/c1-44-32-20-19-28(23-29(32)35)39(45(2,42)43)21-11-18-33(40)38(24-26-14-9-10-17-30(26)36)31(22-25-12-5-3-6-13-25)34(41)37-27-15-7-4-8-16-27/h3,5-6,9-10,12-14,17,19-20,23,27,31H,4,7-8,11,15-16,18,21-22,24H2,1-2H3,(H,37,41)/t31-/m1/s1. The Morgan fingerprint density at radius 1 is 1.02 bits per heavy atom. The SMILES string of the molecule is COc1ccc(N(CCCC(=O)N(Cc2ccccc2F)[C@H](Cc2ccccc2)C(=O)NC2CCCCC2)S(C)(=O)=O)cc1Cl. The molecule has 11 heteroatoms. The first-order valence-corrected chi connectivity index (χ1v) is 17.5. The van der Waals surface area contributed by atoms with Crippen molar-refractivity contribution >= 4 is 39.1 Å². The summed E-state index contributed by atoms with van der Waals surface area (Å²) < 4.78 is 46.8. The van der Waals surface area contributed by atoms with Crippen molar-refractivity contribution in [3.8, 4) is 5.75 Å². The highest BCUT2D eigenvalue weighted by molar-refractivity contribution is 7.92. The van der Waals surface area contributed by atoms with E-state index in [1.165, 1.54) is 28.4 Å². The van der Waals surface area contributed by atoms with Gasteiger partial charge >= 0.3 is 0 Å². The average Bonchev–Trinajstić information content (AvgIpc) is 3.02. The van der Waals surface area contributed by atoms with Gasteiger partial charge in [0.05, 0.1) is 24.1 Å². The van der Waals surface area contributed by atoms with Gasteiger partial charge in [0.25, 0.3) is 0 Å². The van der Waals surface area contributed by atoms with Gasteiger partial charge in [-0.2, -0.15) is 0 Å². The van der Waals surface area contributed by atoms with Crippen molar-refractivity contribution < 1.29 is 27.1 Å². The molecule has 1 atom stereocenters. The smallest absolute Gasteiger partial charge is 0.243 e. The molecule has 0 spiro atoms. The summed E-state index contributed by atoms with van der Waals surface area (Å²) in [6.07, 6.45) is 6.37. The van der Waals surface area contributed by atoms with E-state index in [4.69, 9.17) is 16.3 Å². The minimum atomic E-state index is -3.72. The van der Waals surface area contributed by atoms with Gasteiger partial charge in [0, 0.05) is 37.5 Å². The van der Waals surface area contributed by atoms with Crippen molar-refractivity contribution in [3.63, 3.8) is 0 Å². The van der Waals surface area contributed by atoms with Gasteiger partial charge in [-0.3, -0.25) is 13.9 Å². The largest absolute Gasteiger partial charge is 0.495 e. The van der Waals surface area contributed by atoms with Gasteiger partial charge in [-0.05, 0) is 49.1 Å². The molecule has 242 valence electrons. The number of sulfonamides is 1. The molecule has 45 heavy (non-hydrogen) atoms. The lowest BCUT2D eigenvalue weighted by atomic mass is 9.94. The second-order valence-electron chi connectivity index (χ2n) is 11.4. The predicted octanol–water partition coefficient (Wildman–Crippen LogP) is 6.12. The fourth-order valence-corrected chi connectivity index (χ4v) is 6.93. The number of hydrogen-bond donors (Lipinski definition) is 1. The van der Waals surface area contributed by atoms with E-state index in [9.17, 15) is 22.4 Å². The topological polar surface area (TPSA) is 96.0 Å². The zero-order valence-corrected chi connectivity index (χ0v) is 27.3. The van der Waals surface area contributed by atoms with Crippen LogP contribution in [0, 0.1) is 5.82 Å². The van der Waals surface area contributed by atoms with Crippen molar-refractivity contribution in [3.05, 3.63) is 94.8 Å². The van der Waals surface area contributed by atoms with Crippen LogP contribution in [0.2, 0.25) is 5.02 Å². The second kappa shape index (κ2) is 16.1. The first kappa shape index (κ1) is 34.2. The van der Waals surface area contributed by atoms with Crippen LogP contribution in [0.1, 0.15) is 56.1 Å². The van der Waals surface area contributed by atoms with Gasteiger partial charge in [-0.15, -0.1) is 0 Å².